The summed E-state index contributed by atoms with van der Waals surface area (Å²) in [6.45, 7) is 3.35. The predicted octanol–water partition coefficient (Wildman–Crippen LogP) is 6.85. The van der Waals surface area contributed by atoms with Gasteiger partial charge in [-0.25, -0.2) is 26.3 Å². The molecule has 3 N–H and O–H groups in total. The smallest absolute Gasteiger partial charge is 0.269 e. The summed E-state index contributed by atoms with van der Waals surface area (Å²) in [5.41, 5.74) is 1.80. The van der Waals surface area contributed by atoms with Crippen LogP contribution in [-0.4, -0.2) is 121 Å². The Balaban J connectivity index is 0.000000222. The molecule has 1 atom stereocenters. The summed E-state index contributed by atoms with van der Waals surface area (Å²) in [6, 6.07) is 11.3. The van der Waals surface area contributed by atoms with Crippen molar-refractivity contribution in [1.82, 2.24) is 35.2 Å². The maximum atomic E-state index is 16.3. The normalized spacial score (nSPS) is 18.6. The molecular weight excluding hydrogens is 881 g/mol. The molecule has 19 heteroatoms. The lowest BCUT2D eigenvalue weighted by molar-refractivity contribution is -0.134. The van der Waals surface area contributed by atoms with E-state index in [1.54, 1.807) is 53.1 Å². The lowest BCUT2D eigenvalue weighted by Gasteiger charge is -2.34. The summed E-state index contributed by atoms with van der Waals surface area (Å²) in [5.74, 6) is -7.16. The third kappa shape index (κ3) is 10.4. The summed E-state index contributed by atoms with van der Waals surface area (Å²) in [4.78, 5) is 57.9. The molecule has 9 rings (SSSR count). The van der Waals surface area contributed by atoms with Crippen LogP contribution in [0.25, 0.3) is 27.6 Å². The minimum Gasteiger partial charge on any atom is -0.367 e. The maximum Gasteiger partial charge on any atom is 0.269 e. The number of carbonyl (C=O) groups excluding carboxylic acids is 4. The maximum absolute atomic E-state index is 16.3. The van der Waals surface area contributed by atoms with Crippen LogP contribution in [-0.2, 0) is 20.9 Å². The van der Waals surface area contributed by atoms with Crippen LogP contribution in [0.15, 0.2) is 67.0 Å². The first-order chi connectivity index (χ1) is 32.1. The molecule has 0 radical (unpaired) electrons. The van der Waals surface area contributed by atoms with Gasteiger partial charge in [0.2, 0.25) is 17.7 Å². The van der Waals surface area contributed by atoms with Crippen molar-refractivity contribution in [2.45, 2.75) is 56.9 Å². The molecule has 4 aliphatic heterocycles. The topological polar surface area (TPSA) is 139 Å². The van der Waals surface area contributed by atoms with Crippen LogP contribution in [0.4, 0.5) is 37.7 Å². The molecule has 67 heavy (non-hydrogen) atoms. The number of fused-ring (bicyclic) bond motifs is 1. The van der Waals surface area contributed by atoms with Crippen molar-refractivity contribution in [3.63, 3.8) is 0 Å². The van der Waals surface area contributed by atoms with Crippen LogP contribution >= 0.6 is 0 Å². The molecule has 0 aliphatic carbocycles. The predicted molar refractivity (Wildman–Crippen MR) is 241 cm³/mol. The van der Waals surface area contributed by atoms with Crippen LogP contribution in [0.5, 0.6) is 0 Å². The molecule has 0 saturated carbocycles. The summed E-state index contributed by atoms with van der Waals surface area (Å²) in [7, 11) is 3.15. The number of imide groups is 1. The Morgan fingerprint density at radius 2 is 1.66 bits per heavy atom. The molecule has 3 fully saturated rings. The molecule has 2 aromatic heterocycles. The molecule has 5 aromatic rings. The Bertz CT molecular complexity index is 2720. The molecule has 13 nitrogen and oxygen atoms in total. The van der Waals surface area contributed by atoms with Gasteiger partial charge in [0.25, 0.3) is 11.8 Å². The first-order valence-electron chi connectivity index (χ1n) is 22.3. The quantitative estimate of drug-likeness (QED) is 0.108. The van der Waals surface area contributed by atoms with E-state index in [2.05, 4.69) is 20.7 Å². The number of nitrogens with zero attached hydrogens (tertiary/aromatic N) is 6. The Hall–Kier alpha value is -6.63. The average Bonchev–Trinajstić information content (AvgIpc) is 4.01. The van der Waals surface area contributed by atoms with E-state index in [1.807, 2.05) is 6.08 Å². The van der Waals surface area contributed by atoms with E-state index in [4.69, 9.17) is 0 Å². The number of piperazine rings is 1. The second kappa shape index (κ2) is 19.7. The summed E-state index contributed by atoms with van der Waals surface area (Å²) < 4.78 is 90.7. The molecule has 0 bridgehead atoms. The Morgan fingerprint density at radius 3 is 2.36 bits per heavy atom. The van der Waals surface area contributed by atoms with Gasteiger partial charge in [-0.2, -0.15) is 5.10 Å². The minimum atomic E-state index is -2.81. The van der Waals surface area contributed by atoms with Crippen molar-refractivity contribution < 1.29 is 45.5 Å². The van der Waals surface area contributed by atoms with Crippen LogP contribution in [0, 0.1) is 23.3 Å². The van der Waals surface area contributed by atoms with E-state index >= 15 is 13.2 Å². The highest BCUT2D eigenvalue weighted by Gasteiger charge is 2.37. The lowest BCUT2D eigenvalue weighted by atomic mass is 9.90. The monoisotopic (exact) mass is 931 g/mol. The van der Waals surface area contributed by atoms with Gasteiger partial charge in [0.15, 0.2) is 5.82 Å². The Labute approximate surface area is 382 Å². The van der Waals surface area contributed by atoms with E-state index in [1.165, 1.54) is 40.1 Å². The number of rotatable bonds is 9. The molecule has 1 unspecified atom stereocenters. The van der Waals surface area contributed by atoms with E-state index in [0.29, 0.717) is 76.2 Å². The SMILES string of the molecule is CN(C)C(=O)c1cc2c(-c3cc(F)c(N4CCNCC4)cc3F)cc(C3=CCCN(C(=O)CCn4cccn4)C3)c(F)c2[nH]1.O=C1CCC(c2ccc(N3CCCC(F)(F)C3)c(F)c2)C(=O)N1. The second-order valence-corrected chi connectivity index (χ2v) is 17.4. The van der Waals surface area contributed by atoms with E-state index < -0.39 is 47.6 Å². The fraction of sp³-hybridized carbons (Fsp3) is 0.396. The Kier molecular flexibility index (Phi) is 13.8. The van der Waals surface area contributed by atoms with Crippen molar-refractivity contribution in [3.05, 3.63) is 107 Å². The molecule has 3 saturated heterocycles. The van der Waals surface area contributed by atoms with E-state index in [9.17, 15) is 32.3 Å². The number of piperidine rings is 2. The van der Waals surface area contributed by atoms with Gasteiger partial charge in [-0.3, -0.25) is 29.2 Å². The fourth-order valence-corrected chi connectivity index (χ4v) is 9.10. The minimum absolute atomic E-state index is 0.0109. The van der Waals surface area contributed by atoms with Crippen molar-refractivity contribution >= 4 is 51.5 Å². The highest BCUT2D eigenvalue weighted by molar-refractivity contribution is 6.05. The number of aromatic nitrogens is 3. The molecular formula is C48H51F6N9O4. The highest BCUT2D eigenvalue weighted by Crippen LogP contribution is 2.40. The number of H-pyrrole nitrogens is 1. The highest BCUT2D eigenvalue weighted by atomic mass is 19.3. The van der Waals surface area contributed by atoms with Gasteiger partial charge in [-0.1, -0.05) is 12.1 Å². The number of alkyl halides is 2. The number of carbonyl (C=O) groups is 4. The van der Waals surface area contributed by atoms with Crippen molar-refractivity contribution in [2.75, 3.05) is 76.3 Å². The first kappa shape index (κ1) is 46.9. The first-order valence-corrected chi connectivity index (χ1v) is 22.3. The fourth-order valence-electron chi connectivity index (χ4n) is 9.10. The van der Waals surface area contributed by atoms with Crippen LogP contribution in [0.3, 0.4) is 0 Å². The van der Waals surface area contributed by atoms with Gasteiger partial charge in [-0.05, 0) is 72.4 Å². The number of amides is 4. The third-order valence-corrected chi connectivity index (χ3v) is 12.6. The molecule has 4 amide bonds. The number of halogens is 6. The summed E-state index contributed by atoms with van der Waals surface area (Å²) in [5, 5.41) is 9.82. The zero-order valence-corrected chi connectivity index (χ0v) is 37.1. The molecule has 0 spiro atoms. The zero-order valence-electron chi connectivity index (χ0n) is 37.1. The van der Waals surface area contributed by atoms with Crippen molar-refractivity contribution in [3.8, 4) is 11.1 Å². The van der Waals surface area contributed by atoms with Crippen molar-refractivity contribution in [1.29, 1.82) is 0 Å². The number of hydrogen-bond donors (Lipinski definition) is 3. The van der Waals surface area contributed by atoms with Gasteiger partial charge >= 0.3 is 0 Å². The number of hydrogen-bond acceptors (Lipinski definition) is 8. The zero-order chi connectivity index (χ0) is 47.6. The van der Waals surface area contributed by atoms with Crippen molar-refractivity contribution in [2.24, 2.45) is 0 Å². The Morgan fingerprint density at radius 1 is 0.881 bits per heavy atom. The molecule has 6 heterocycles. The number of anilines is 2. The number of benzene rings is 3. The lowest BCUT2D eigenvalue weighted by Crippen LogP contribution is -2.43. The van der Waals surface area contributed by atoms with Crippen LogP contribution in [0.1, 0.15) is 66.1 Å². The van der Waals surface area contributed by atoms with Gasteiger partial charge in [0.1, 0.15) is 23.1 Å². The summed E-state index contributed by atoms with van der Waals surface area (Å²) in [6.07, 6.45) is 6.69. The standard InChI is InChI=1S/C32H34F3N7O2.C16H17F3N2O2/c1-39(2)32(44)27-17-24-22(23-16-26(34)28(18-25(23)33)40-13-8-36-9-14-40)15-21(30(35)31(24)38-27)20-5-3-10-41(19-20)29(43)6-12-42-11-4-7-37-42;17-12-8-10(11-3-5-14(22)20-15(11)23)2-4-13(12)21-7-1-6-16(18,19)9-21/h4-5,7,11,15-18,36,38H,3,6,8-10,12-14,19H2,1-2H3;2,4,8,11H,1,3,5-7,9H2,(H,20,22,23). The van der Waals surface area contributed by atoms with Crippen LogP contribution in [0.2, 0.25) is 0 Å². The van der Waals surface area contributed by atoms with E-state index in [0.717, 1.165) is 6.07 Å². The number of aromatic amines is 1. The number of aryl methyl sites for hydroxylation is 1. The molecule has 354 valence electrons. The van der Waals surface area contributed by atoms with Gasteiger partial charge in [-0.15, -0.1) is 0 Å². The van der Waals surface area contributed by atoms with Gasteiger partial charge in [0, 0.05) is 121 Å². The number of nitrogens with one attached hydrogen (secondary N) is 3. The largest absolute Gasteiger partial charge is 0.367 e. The third-order valence-electron chi connectivity index (χ3n) is 12.6. The molecule has 4 aliphatic rings. The summed E-state index contributed by atoms with van der Waals surface area (Å²) >= 11 is 0. The van der Waals surface area contributed by atoms with Gasteiger partial charge < -0.3 is 29.9 Å². The average molecular weight is 932 g/mol. The van der Waals surface area contributed by atoms with Crippen LogP contribution < -0.4 is 20.4 Å². The molecule has 3 aromatic carbocycles. The van der Waals surface area contributed by atoms with Gasteiger partial charge in [0.05, 0.1) is 29.4 Å². The second-order valence-electron chi connectivity index (χ2n) is 17.4. The van der Waals surface area contributed by atoms with E-state index in [-0.39, 0.29) is 88.2 Å².